The van der Waals surface area contributed by atoms with Crippen LogP contribution in [0.3, 0.4) is 0 Å². The first-order chi connectivity index (χ1) is 13.5. The number of allylic oxidation sites excluding steroid dienone is 1. The number of pyridine rings is 1. The van der Waals surface area contributed by atoms with Gasteiger partial charge >= 0.3 is 0 Å². The monoisotopic (exact) mass is 373 g/mol. The van der Waals surface area contributed by atoms with Crippen molar-refractivity contribution in [3.8, 4) is 22.6 Å². The number of aromatic nitrogens is 1. The number of anilines is 1. The summed E-state index contributed by atoms with van der Waals surface area (Å²) >= 11 is 0. The molecule has 0 radical (unpaired) electrons. The zero-order valence-corrected chi connectivity index (χ0v) is 15.3. The highest BCUT2D eigenvalue weighted by Gasteiger charge is 2.27. The number of benzene rings is 2. The van der Waals surface area contributed by atoms with Gasteiger partial charge in [-0.2, -0.15) is 0 Å². The number of hydrogen-bond acceptors (Lipinski definition) is 5. The molecule has 0 aliphatic carbocycles. The molecule has 0 bridgehead atoms. The van der Waals surface area contributed by atoms with Crippen LogP contribution < -0.4 is 15.8 Å². The summed E-state index contributed by atoms with van der Waals surface area (Å²) in [5.74, 6) is 0.535. The highest BCUT2D eigenvalue weighted by molar-refractivity contribution is 6.32. The summed E-state index contributed by atoms with van der Waals surface area (Å²) in [4.78, 5) is 16.2. The molecule has 1 amide bonds. The smallest absolute Gasteiger partial charge is 0.258 e. The zero-order chi connectivity index (χ0) is 19.7. The lowest BCUT2D eigenvalue weighted by Gasteiger charge is -2.10. The molecule has 1 aliphatic heterocycles. The quantitative estimate of drug-likeness (QED) is 0.606. The summed E-state index contributed by atoms with van der Waals surface area (Å²) in [6.45, 7) is 2.11. The van der Waals surface area contributed by atoms with E-state index in [-0.39, 0.29) is 11.7 Å². The minimum Gasteiger partial charge on any atom is -0.507 e. The Hall–Kier alpha value is -3.80. The van der Waals surface area contributed by atoms with Crippen molar-refractivity contribution >= 4 is 17.2 Å². The molecule has 0 saturated heterocycles. The lowest BCUT2D eigenvalue weighted by Crippen LogP contribution is -2.08. The first-order valence-electron chi connectivity index (χ1n) is 8.80. The Labute approximate surface area is 162 Å². The molecular formula is C22H19N3O3. The summed E-state index contributed by atoms with van der Waals surface area (Å²) in [6.07, 6.45) is 3.48. The van der Waals surface area contributed by atoms with Gasteiger partial charge in [0.05, 0.1) is 11.3 Å². The van der Waals surface area contributed by atoms with Gasteiger partial charge in [-0.05, 0) is 36.8 Å². The van der Waals surface area contributed by atoms with Crippen LogP contribution in [-0.4, -0.2) is 16.0 Å². The summed E-state index contributed by atoms with van der Waals surface area (Å²) in [6, 6.07) is 14.5. The number of aromatic hydroxyl groups is 1. The number of nitrogens with zero attached hydrogens (tertiary/aromatic N) is 1. The van der Waals surface area contributed by atoms with E-state index in [9.17, 15) is 9.90 Å². The number of nitrogens with one attached hydrogen (secondary N) is 1. The van der Waals surface area contributed by atoms with Crippen LogP contribution in [0.5, 0.6) is 11.5 Å². The van der Waals surface area contributed by atoms with Crippen LogP contribution in [0.1, 0.15) is 18.1 Å². The van der Waals surface area contributed by atoms with E-state index in [2.05, 4.69) is 10.3 Å². The van der Waals surface area contributed by atoms with Gasteiger partial charge < -0.3 is 20.9 Å². The lowest BCUT2D eigenvalue weighted by molar-refractivity contribution is -0.110. The van der Waals surface area contributed by atoms with Crippen LogP contribution in [0.2, 0.25) is 0 Å². The molecule has 6 heteroatoms. The third-order valence-electron chi connectivity index (χ3n) is 4.57. The molecule has 4 N–H and O–H groups in total. The van der Waals surface area contributed by atoms with Crippen molar-refractivity contribution < 1.29 is 14.6 Å². The number of hydrogen-bond donors (Lipinski definition) is 3. The molecule has 1 aliphatic rings. The van der Waals surface area contributed by atoms with Gasteiger partial charge in [-0.1, -0.05) is 18.2 Å². The number of carbonyl (C=O) groups is 1. The van der Waals surface area contributed by atoms with Crippen LogP contribution in [-0.2, 0) is 11.4 Å². The maximum absolute atomic E-state index is 12.1. The van der Waals surface area contributed by atoms with Gasteiger partial charge in [-0.3, -0.25) is 9.78 Å². The Bertz CT molecular complexity index is 1070. The van der Waals surface area contributed by atoms with Crippen molar-refractivity contribution in [3.05, 3.63) is 77.7 Å². The molecule has 3 aromatic rings. The van der Waals surface area contributed by atoms with Crippen molar-refractivity contribution in [2.24, 2.45) is 5.73 Å². The second kappa shape index (κ2) is 7.08. The summed E-state index contributed by atoms with van der Waals surface area (Å²) in [5.41, 5.74) is 10.4. The summed E-state index contributed by atoms with van der Waals surface area (Å²) in [7, 11) is 0. The normalized spacial score (nSPS) is 14.4. The average molecular weight is 373 g/mol. The fourth-order valence-electron chi connectivity index (χ4n) is 3.21. The van der Waals surface area contributed by atoms with Gasteiger partial charge in [0.2, 0.25) is 0 Å². The number of fused-ring (bicyclic) bond motifs is 1. The molecule has 0 saturated carbocycles. The van der Waals surface area contributed by atoms with E-state index in [1.165, 1.54) is 0 Å². The standard InChI is InChI=1S/C22H19N3O3/c1-13(23)21-18-9-17(20(26)10-19(18)25-22(21)27)15-4-6-16(7-5-15)28-12-14-3-2-8-24-11-14/h2-11,26H,12,23H2,1H3,(H,25,27)/b21-13-. The minimum absolute atomic E-state index is 0.0824. The molecule has 2 heterocycles. The third kappa shape index (κ3) is 3.27. The number of phenols is 1. The predicted octanol–water partition coefficient (Wildman–Crippen LogP) is 3.68. The zero-order valence-electron chi connectivity index (χ0n) is 15.3. The van der Waals surface area contributed by atoms with Crippen molar-refractivity contribution in [1.82, 2.24) is 4.98 Å². The van der Waals surface area contributed by atoms with E-state index in [1.54, 1.807) is 31.5 Å². The summed E-state index contributed by atoms with van der Waals surface area (Å²) in [5, 5.41) is 13.2. The molecule has 0 unspecified atom stereocenters. The first-order valence-corrected chi connectivity index (χ1v) is 8.80. The SMILES string of the molecule is C/C(N)=C1/C(=O)Nc2cc(O)c(-c3ccc(OCc4cccnc4)cc3)cc21. The van der Waals surface area contributed by atoms with Gasteiger partial charge in [0.1, 0.15) is 18.1 Å². The largest absolute Gasteiger partial charge is 0.507 e. The van der Waals surface area contributed by atoms with Gasteiger partial charge in [0.15, 0.2) is 0 Å². The molecule has 6 nitrogen and oxygen atoms in total. The highest BCUT2D eigenvalue weighted by atomic mass is 16.5. The van der Waals surface area contributed by atoms with E-state index >= 15 is 0 Å². The molecular weight excluding hydrogens is 354 g/mol. The number of carbonyl (C=O) groups excluding carboxylic acids is 1. The van der Waals surface area contributed by atoms with E-state index in [4.69, 9.17) is 10.5 Å². The molecule has 28 heavy (non-hydrogen) atoms. The predicted molar refractivity (Wildman–Crippen MR) is 108 cm³/mol. The molecule has 4 rings (SSSR count). The van der Waals surface area contributed by atoms with Gasteiger partial charge in [-0.15, -0.1) is 0 Å². The van der Waals surface area contributed by atoms with E-state index in [0.29, 0.717) is 40.4 Å². The van der Waals surface area contributed by atoms with Crippen LogP contribution in [0, 0.1) is 0 Å². The number of rotatable bonds is 4. The van der Waals surface area contributed by atoms with Gasteiger partial charge in [0.25, 0.3) is 5.91 Å². The third-order valence-corrected chi connectivity index (χ3v) is 4.57. The van der Waals surface area contributed by atoms with Crippen LogP contribution in [0.4, 0.5) is 5.69 Å². The van der Waals surface area contributed by atoms with Crippen molar-refractivity contribution in [3.63, 3.8) is 0 Å². The number of amides is 1. The maximum Gasteiger partial charge on any atom is 0.258 e. The molecule has 0 atom stereocenters. The van der Waals surface area contributed by atoms with Crippen molar-refractivity contribution in [2.75, 3.05) is 5.32 Å². The Balaban J connectivity index is 1.60. The fourth-order valence-corrected chi connectivity index (χ4v) is 3.21. The number of ether oxygens (including phenoxy) is 1. The lowest BCUT2D eigenvalue weighted by atomic mass is 9.97. The highest BCUT2D eigenvalue weighted by Crippen LogP contribution is 2.41. The first kappa shape index (κ1) is 17.6. The molecule has 2 aromatic carbocycles. The molecule has 1 aromatic heterocycles. The summed E-state index contributed by atoms with van der Waals surface area (Å²) < 4.78 is 5.77. The van der Waals surface area contributed by atoms with Crippen LogP contribution in [0.15, 0.2) is 66.6 Å². The van der Waals surface area contributed by atoms with Crippen LogP contribution in [0.25, 0.3) is 16.7 Å². The van der Waals surface area contributed by atoms with Crippen molar-refractivity contribution in [1.29, 1.82) is 0 Å². The molecule has 0 fully saturated rings. The number of phenolic OH excluding ortho intramolecular Hbond substituents is 1. The molecule has 0 spiro atoms. The van der Waals surface area contributed by atoms with Crippen LogP contribution >= 0.6 is 0 Å². The Morgan fingerprint density at radius 2 is 1.96 bits per heavy atom. The average Bonchev–Trinajstić information content (AvgIpc) is 3.01. The molecule has 140 valence electrons. The minimum atomic E-state index is -0.259. The van der Waals surface area contributed by atoms with Gasteiger partial charge in [0, 0.05) is 40.8 Å². The Morgan fingerprint density at radius 3 is 2.64 bits per heavy atom. The van der Waals surface area contributed by atoms with E-state index in [1.807, 2.05) is 36.4 Å². The Kier molecular flexibility index (Phi) is 4.45. The fraction of sp³-hybridized carbons (Fsp3) is 0.0909. The van der Waals surface area contributed by atoms with E-state index in [0.717, 1.165) is 11.1 Å². The number of nitrogens with two attached hydrogens (primary N) is 1. The topological polar surface area (TPSA) is 97.5 Å². The van der Waals surface area contributed by atoms with Gasteiger partial charge in [-0.25, -0.2) is 0 Å². The maximum atomic E-state index is 12.1. The second-order valence-corrected chi connectivity index (χ2v) is 6.60. The Morgan fingerprint density at radius 1 is 1.18 bits per heavy atom. The van der Waals surface area contributed by atoms with Crippen molar-refractivity contribution in [2.45, 2.75) is 13.5 Å². The second-order valence-electron chi connectivity index (χ2n) is 6.60. The van der Waals surface area contributed by atoms with E-state index < -0.39 is 0 Å².